The summed E-state index contributed by atoms with van der Waals surface area (Å²) in [6, 6.07) is 7.65. The molecule has 0 aromatic heterocycles. The fourth-order valence-electron chi connectivity index (χ4n) is 1.70. The van der Waals surface area contributed by atoms with Gasteiger partial charge in [-0.2, -0.15) is 11.8 Å². The van der Waals surface area contributed by atoms with Crippen molar-refractivity contribution < 1.29 is 4.79 Å². The van der Waals surface area contributed by atoms with Crippen LogP contribution in [0.25, 0.3) is 0 Å². The van der Waals surface area contributed by atoms with E-state index in [1.54, 1.807) is 12.1 Å². The summed E-state index contributed by atoms with van der Waals surface area (Å²) >= 11 is 7.77. The van der Waals surface area contributed by atoms with Gasteiger partial charge in [0.05, 0.1) is 6.54 Å². The Morgan fingerprint density at radius 1 is 1.53 bits per heavy atom. The SMILES string of the molecule is O=C(CNC1CCSC1)Nc1cccc(Cl)c1. The quantitative estimate of drug-likeness (QED) is 0.883. The molecule has 1 heterocycles. The molecule has 2 N–H and O–H groups in total. The first-order valence-electron chi connectivity index (χ1n) is 5.60. The van der Waals surface area contributed by atoms with Crippen LogP contribution in [0, 0.1) is 0 Å². The van der Waals surface area contributed by atoms with Gasteiger partial charge < -0.3 is 10.6 Å². The fraction of sp³-hybridized carbons (Fsp3) is 0.417. The Morgan fingerprint density at radius 2 is 2.41 bits per heavy atom. The number of thioether (sulfide) groups is 1. The maximum atomic E-state index is 11.7. The molecule has 1 atom stereocenters. The third kappa shape index (κ3) is 4.22. The van der Waals surface area contributed by atoms with E-state index >= 15 is 0 Å². The molecule has 1 aromatic carbocycles. The summed E-state index contributed by atoms with van der Waals surface area (Å²) in [6.45, 7) is 0.359. The van der Waals surface area contributed by atoms with Gasteiger partial charge in [-0.3, -0.25) is 4.79 Å². The van der Waals surface area contributed by atoms with Gasteiger partial charge in [0, 0.05) is 22.5 Å². The van der Waals surface area contributed by atoms with Crippen LogP contribution in [0.2, 0.25) is 5.02 Å². The summed E-state index contributed by atoms with van der Waals surface area (Å²) in [6.07, 6.45) is 1.15. The number of carbonyl (C=O) groups is 1. The second kappa shape index (κ2) is 6.28. The average Bonchev–Trinajstić information content (AvgIpc) is 2.79. The molecule has 2 rings (SSSR count). The number of rotatable bonds is 4. The van der Waals surface area contributed by atoms with Crippen molar-refractivity contribution >= 4 is 35.0 Å². The number of benzene rings is 1. The van der Waals surface area contributed by atoms with Crippen molar-refractivity contribution in [2.75, 3.05) is 23.4 Å². The van der Waals surface area contributed by atoms with Crippen LogP contribution in [0.1, 0.15) is 6.42 Å². The van der Waals surface area contributed by atoms with E-state index in [1.165, 1.54) is 5.75 Å². The molecule has 1 aliphatic heterocycles. The number of halogens is 1. The standard InChI is InChI=1S/C12H15ClN2OS/c13-9-2-1-3-10(6-9)15-12(16)7-14-11-4-5-17-8-11/h1-3,6,11,14H,4-5,7-8H2,(H,15,16). The van der Waals surface area contributed by atoms with Crippen molar-refractivity contribution in [1.29, 1.82) is 0 Å². The molecule has 0 aliphatic carbocycles. The van der Waals surface area contributed by atoms with Gasteiger partial charge >= 0.3 is 0 Å². The van der Waals surface area contributed by atoms with Crippen molar-refractivity contribution in [3.8, 4) is 0 Å². The summed E-state index contributed by atoms with van der Waals surface area (Å²) in [7, 11) is 0. The average molecular weight is 271 g/mol. The van der Waals surface area contributed by atoms with E-state index in [0.29, 0.717) is 17.6 Å². The molecule has 1 aliphatic rings. The molecular weight excluding hydrogens is 256 g/mol. The van der Waals surface area contributed by atoms with Crippen LogP contribution in [0.15, 0.2) is 24.3 Å². The number of carbonyl (C=O) groups excluding carboxylic acids is 1. The van der Waals surface area contributed by atoms with Crippen LogP contribution in [-0.2, 0) is 4.79 Å². The zero-order chi connectivity index (χ0) is 12.1. The second-order valence-electron chi connectivity index (χ2n) is 4.00. The third-order valence-electron chi connectivity index (χ3n) is 2.59. The van der Waals surface area contributed by atoms with Gasteiger partial charge in [0.2, 0.25) is 5.91 Å². The molecule has 92 valence electrons. The second-order valence-corrected chi connectivity index (χ2v) is 5.59. The molecular formula is C12H15ClN2OS. The smallest absolute Gasteiger partial charge is 0.238 e. The predicted octanol–water partition coefficient (Wildman–Crippen LogP) is 2.37. The molecule has 1 unspecified atom stereocenters. The molecule has 3 nitrogen and oxygen atoms in total. The maximum Gasteiger partial charge on any atom is 0.238 e. The summed E-state index contributed by atoms with van der Waals surface area (Å²) in [5, 5.41) is 6.69. The van der Waals surface area contributed by atoms with Crippen molar-refractivity contribution in [3.63, 3.8) is 0 Å². The number of anilines is 1. The summed E-state index contributed by atoms with van der Waals surface area (Å²) in [5.41, 5.74) is 0.741. The first-order valence-corrected chi connectivity index (χ1v) is 7.14. The Balaban J connectivity index is 1.76. The first kappa shape index (κ1) is 12.7. The highest BCUT2D eigenvalue weighted by molar-refractivity contribution is 7.99. The Morgan fingerprint density at radius 3 is 3.12 bits per heavy atom. The van der Waals surface area contributed by atoms with Gasteiger partial charge in [0.15, 0.2) is 0 Å². The molecule has 0 radical (unpaired) electrons. The summed E-state index contributed by atoms with van der Waals surface area (Å²) in [4.78, 5) is 11.7. The monoisotopic (exact) mass is 270 g/mol. The third-order valence-corrected chi connectivity index (χ3v) is 3.99. The van der Waals surface area contributed by atoms with Crippen LogP contribution in [0.5, 0.6) is 0 Å². The van der Waals surface area contributed by atoms with E-state index in [9.17, 15) is 4.79 Å². The van der Waals surface area contributed by atoms with Crippen LogP contribution in [-0.4, -0.2) is 30.0 Å². The molecule has 1 aromatic rings. The lowest BCUT2D eigenvalue weighted by atomic mass is 10.2. The highest BCUT2D eigenvalue weighted by Crippen LogP contribution is 2.17. The van der Waals surface area contributed by atoms with E-state index in [-0.39, 0.29) is 5.91 Å². The minimum Gasteiger partial charge on any atom is -0.325 e. The van der Waals surface area contributed by atoms with Crippen molar-refractivity contribution in [2.24, 2.45) is 0 Å². The van der Waals surface area contributed by atoms with Gasteiger partial charge in [-0.1, -0.05) is 17.7 Å². The van der Waals surface area contributed by atoms with Crippen LogP contribution >= 0.6 is 23.4 Å². The Hall–Kier alpha value is -0.710. The number of hydrogen-bond acceptors (Lipinski definition) is 3. The van der Waals surface area contributed by atoms with Gasteiger partial charge in [-0.15, -0.1) is 0 Å². The maximum absolute atomic E-state index is 11.7. The van der Waals surface area contributed by atoms with E-state index in [4.69, 9.17) is 11.6 Å². The Bertz CT molecular complexity index is 394. The molecule has 1 saturated heterocycles. The zero-order valence-corrected chi connectivity index (χ0v) is 11.0. The largest absolute Gasteiger partial charge is 0.325 e. The fourth-order valence-corrected chi connectivity index (χ4v) is 3.08. The Labute approximate surface area is 110 Å². The van der Waals surface area contributed by atoms with E-state index in [1.807, 2.05) is 23.9 Å². The molecule has 1 fully saturated rings. The molecule has 0 saturated carbocycles. The molecule has 5 heteroatoms. The minimum atomic E-state index is -0.0239. The van der Waals surface area contributed by atoms with Crippen molar-refractivity contribution in [3.05, 3.63) is 29.3 Å². The lowest BCUT2D eigenvalue weighted by Crippen LogP contribution is -2.36. The molecule has 0 spiro atoms. The molecule has 1 amide bonds. The number of nitrogens with one attached hydrogen (secondary N) is 2. The van der Waals surface area contributed by atoms with Crippen LogP contribution in [0.4, 0.5) is 5.69 Å². The zero-order valence-electron chi connectivity index (χ0n) is 9.41. The Kier molecular flexibility index (Phi) is 4.71. The molecule has 0 bridgehead atoms. The van der Waals surface area contributed by atoms with E-state index in [2.05, 4.69) is 10.6 Å². The lowest BCUT2D eigenvalue weighted by molar-refractivity contribution is -0.115. The molecule has 17 heavy (non-hydrogen) atoms. The highest BCUT2D eigenvalue weighted by Gasteiger charge is 2.15. The minimum absolute atomic E-state index is 0.0239. The van der Waals surface area contributed by atoms with Crippen LogP contribution in [0.3, 0.4) is 0 Å². The summed E-state index contributed by atoms with van der Waals surface area (Å²) < 4.78 is 0. The topological polar surface area (TPSA) is 41.1 Å². The van der Waals surface area contributed by atoms with Gasteiger partial charge in [0.1, 0.15) is 0 Å². The predicted molar refractivity (Wildman–Crippen MR) is 73.8 cm³/mol. The summed E-state index contributed by atoms with van der Waals surface area (Å²) in [5.74, 6) is 2.27. The lowest BCUT2D eigenvalue weighted by Gasteiger charge is -2.11. The van der Waals surface area contributed by atoms with Gasteiger partial charge in [-0.05, 0) is 30.4 Å². The van der Waals surface area contributed by atoms with Crippen molar-refractivity contribution in [2.45, 2.75) is 12.5 Å². The number of hydrogen-bond donors (Lipinski definition) is 2. The number of amides is 1. The van der Waals surface area contributed by atoms with Gasteiger partial charge in [-0.25, -0.2) is 0 Å². The van der Waals surface area contributed by atoms with Crippen molar-refractivity contribution in [1.82, 2.24) is 5.32 Å². The van der Waals surface area contributed by atoms with E-state index in [0.717, 1.165) is 17.9 Å². The van der Waals surface area contributed by atoms with E-state index < -0.39 is 0 Å². The normalized spacial score (nSPS) is 19.2. The van der Waals surface area contributed by atoms with Crippen LogP contribution < -0.4 is 10.6 Å². The highest BCUT2D eigenvalue weighted by atomic mass is 35.5. The first-order chi connectivity index (χ1) is 8.24. The van der Waals surface area contributed by atoms with Gasteiger partial charge in [0.25, 0.3) is 0 Å².